The smallest absolute Gasteiger partial charge is 0.171 e. The molecule has 0 aliphatic heterocycles. The molecule has 0 atom stereocenters. The van der Waals surface area contributed by atoms with Crippen LogP contribution in [0.25, 0.3) is 0 Å². The normalized spacial score (nSPS) is 10.4. The summed E-state index contributed by atoms with van der Waals surface area (Å²) >= 11 is 0. The number of aryl methyl sites for hydroxylation is 1. The third kappa shape index (κ3) is 1.59. The molecule has 1 aromatic rings. The summed E-state index contributed by atoms with van der Waals surface area (Å²) in [6.45, 7) is 6.05. The molecule has 1 N–H and O–H groups in total. The maximum Gasteiger partial charge on any atom is 0.171 e. The minimum absolute atomic E-state index is 0.368. The Labute approximate surface area is 72.7 Å². The van der Waals surface area contributed by atoms with Gasteiger partial charge in [0.2, 0.25) is 0 Å². The molecule has 0 aliphatic carbocycles. The van der Waals surface area contributed by atoms with Crippen LogP contribution in [0.15, 0.2) is 18.2 Å². The first-order valence-corrected chi connectivity index (χ1v) is 4.07. The predicted molar refractivity (Wildman–Crippen MR) is 48.5 cm³/mol. The first kappa shape index (κ1) is 9.07. The number of hydrogen-bond donors (Lipinski definition) is 1. The number of rotatable bonds is 2. The fourth-order valence-electron chi connectivity index (χ4n) is 1.25. The van der Waals surface area contributed by atoms with Gasteiger partial charge in [0.25, 0.3) is 0 Å². The summed E-state index contributed by atoms with van der Waals surface area (Å²) in [6, 6.07) is 5.84. The lowest BCUT2D eigenvalue weighted by molar-refractivity contribution is -0.139. The number of benzene rings is 1. The molecule has 1 rings (SSSR count). The molecule has 12 heavy (non-hydrogen) atoms. The monoisotopic (exact) mass is 166 g/mol. The average molecular weight is 166 g/mol. The van der Waals surface area contributed by atoms with Gasteiger partial charge in [0.1, 0.15) is 0 Å². The van der Waals surface area contributed by atoms with Gasteiger partial charge in [0.05, 0.1) is 0 Å². The van der Waals surface area contributed by atoms with Crippen molar-refractivity contribution in [3.05, 3.63) is 29.3 Å². The zero-order valence-electron chi connectivity index (χ0n) is 7.66. The van der Waals surface area contributed by atoms with E-state index in [1.165, 1.54) is 0 Å². The van der Waals surface area contributed by atoms with Crippen molar-refractivity contribution in [1.29, 1.82) is 0 Å². The highest BCUT2D eigenvalue weighted by atomic mass is 17.1. The Balaban J connectivity index is 3.18. The molecule has 0 saturated heterocycles. The minimum Gasteiger partial charge on any atom is -0.340 e. The molecule has 0 amide bonds. The lowest BCUT2D eigenvalue weighted by Gasteiger charge is -2.11. The predicted octanol–water partition coefficient (Wildman–Crippen LogP) is 2.97. The molecule has 66 valence electrons. The zero-order chi connectivity index (χ0) is 9.14. The highest BCUT2D eigenvalue weighted by molar-refractivity contribution is 5.41. The highest BCUT2D eigenvalue weighted by Crippen LogP contribution is 2.28. The molecule has 0 aliphatic rings. The van der Waals surface area contributed by atoms with Crippen LogP contribution in [0.2, 0.25) is 0 Å². The Morgan fingerprint density at radius 2 is 2.00 bits per heavy atom. The zero-order valence-corrected chi connectivity index (χ0v) is 7.66. The van der Waals surface area contributed by atoms with E-state index in [2.05, 4.69) is 18.7 Å². The standard InChI is InChI=1S/C10H14O2/c1-7(2)9-6-4-5-8(3)10(9)12-11/h4-7,11H,1-3H3. The maximum absolute atomic E-state index is 8.65. The summed E-state index contributed by atoms with van der Waals surface area (Å²) in [5, 5.41) is 8.65. The van der Waals surface area contributed by atoms with E-state index in [0.717, 1.165) is 11.1 Å². The molecule has 0 aromatic heterocycles. The van der Waals surface area contributed by atoms with E-state index >= 15 is 0 Å². The summed E-state index contributed by atoms with van der Waals surface area (Å²) in [4.78, 5) is 4.34. The first-order valence-electron chi connectivity index (χ1n) is 4.07. The van der Waals surface area contributed by atoms with Gasteiger partial charge in [0, 0.05) is 5.56 Å². The van der Waals surface area contributed by atoms with Gasteiger partial charge in [-0.2, -0.15) is 0 Å². The Kier molecular flexibility index (Phi) is 2.71. The molecule has 0 bridgehead atoms. The van der Waals surface area contributed by atoms with Gasteiger partial charge < -0.3 is 4.89 Å². The molecular weight excluding hydrogens is 152 g/mol. The van der Waals surface area contributed by atoms with Crippen molar-refractivity contribution in [2.45, 2.75) is 26.7 Å². The second kappa shape index (κ2) is 3.59. The molecule has 2 nitrogen and oxygen atoms in total. The summed E-state index contributed by atoms with van der Waals surface area (Å²) in [7, 11) is 0. The van der Waals surface area contributed by atoms with Crippen LogP contribution in [0.4, 0.5) is 0 Å². The van der Waals surface area contributed by atoms with Gasteiger partial charge in [-0.25, -0.2) is 5.26 Å². The minimum atomic E-state index is 0.368. The third-order valence-corrected chi connectivity index (χ3v) is 1.96. The van der Waals surface area contributed by atoms with Crippen molar-refractivity contribution in [2.24, 2.45) is 0 Å². The van der Waals surface area contributed by atoms with E-state index in [9.17, 15) is 0 Å². The van der Waals surface area contributed by atoms with Gasteiger partial charge in [-0.05, 0) is 18.4 Å². The van der Waals surface area contributed by atoms with Gasteiger partial charge in [-0.15, -0.1) is 0 Å². The molecule has 0 fully saturated rings. The molecule has 0 unspecified atom stereocenters. The van der Waals surface area contributed by atoms with E-state index in [1.807, 2.05) is 25.1 Å². The molecule has 0 heterocycles. The number of para-hydroxylation sites is 1. The quantitative estimate of drug-likeness (QED) is 0.540. The Morgan fingerprint density at radius 1 is 1.33 bits per heavy atom. The van der Waals surface area contributed by atoms with Crippen LogP contribution in [0.5, 0.6) is 5.75 Å². The Bertz CT molecular complexity index is 267. The molecule has 0 saturated carbocycles. The SMILES string of the molecule is Cc1cccc(C(C)C)c1OO. The second-order valence-electron chi connectivity index (χ2n) is 3.24. The first-order chi connectivity index (χ1) is 5.66. The van der Waals surface area contributed by atoms with Crippen molar-refractivity contribution >= 4 is 0 Å². The van der Waals surface area contributed by atoms with E-state index in [0.29, 0.717) is 11.7 Å². The lowest BCUT2D eigenvalue weighted by Crippen LogP contribution is -1.96. The summed E-state index contributed by atoms with van der Waals surface area (Å²) in [5.41, 5.74) is 2.00. The topological polar surface area (TPSA) is 29.5 Å². The fourth-order valence-corrected chi connectivity index (χ4v) is 1.25. The summed E-state index contributed by atoms with van der Waals surface area (Å²) < 4.78 is 0. The van der Waals surface area contributed by atoms with E-state index in [-0.39, 0.29) is 0 Å². The summed E-state index contributed by atoms with van der Waals surface area (Å²) in [6.07, 6.45) is 0. The molecule has 0 spiro atoms. The van der Waals surface area contributed by atoms with E-state index < -0.39 is 0 Å². The van der Waals surface area contributed by atoms with Gasteiger partial charge >= 0.3 is 0 Å². The van der Waals surface area contributed by atoms with Crippen molar-refractivity contribution in [2.75, 3.05) is 0 Å². The van der Waals surface area contributed by atoms with Gasteiger partial charge in [0.15, 0.2) is 5.75 Å². The van der Waals surface area contributed by atoms with Gasteiger partial charge in [-0.1, -0.05) is 32.0 Å². The third-order valence-electron chi connectivity index (χ3n) is 1.96. The maximum atomic E-state index is 8.65. The van der Waals surface area contributed by atoms with E-state index in [1.54, 1.807) is 0 Å². The van der Waals surface area contributed by atoms with Crippen LogP contribution >= 0.6 is 0 Å². The summed E-state index contributed by atoms with van der Waals surface area (Å²) in [5.74, 6) is 0.958. The van der Waals surface area contributed by atoms with Crippen LogP contribution in [-0.2, 0) is 0 Å². The fraction of sp³-hybridized carbons (Fsp3) is 0.400. The molecule has 0 radical (unpaired) electrons. The van der Waals surface area contributed by atoms with Crippen molar-refractivity contribution < 1.29 is 10.1 Å². The van der Waals surface area contributed by atoms with Crippen LogP contribution in [0, 0.1) is 6.92 Å². The Morgan fingerprint density at radius 3 is 2.42 bits per heavy atom. The second-order valence-corrected chi connectivity index (χ2v) is 3.24. The molecule has 1 aromatic carbocycles. The van der Waals surface area contributed by atoms with Crippen LogP contribution in [0.3, 0.4) is 0 Å². The molecular formula is C10H14O2. The van der Waals surface area contributed by atoms with Crippen molar-refractivity contribution in [1.82, 2.24) is 0 Å². The van der Waals surface area contributed by atoms with Crippen LogP contribution in [-0.4, -0.2) is 5.26 Å². The average Bonchev–Trinajstić information content (AvgIpc) is 2.03. The molecule has 2 heteroatoms. The highest BCUT2D eigenvalue weighted by Gasteiger charge is 2.09. The lowest BCUT2D eigenvalue weighted by atomic mass is 10.00. The van der Waals surface area contributed by atoms with Crippen LogP contribution < -0.4 is 4.89 Å². The largest absolute Gasteiger partial charge is 0.340 e. The Hall–Kier alpha value is -1.02. The van der Waals surface area contributed by atoms with Gasteiger partial charge in [-0.3, -0.25) is 0 Å². The number of hydrogen-bond acceptors (Lipinski definition) is 2. The van der Waals surface area contributed by atoms with E-state index in [4.69, 9.17) is 5.26 Å². The van der Waals surface area contributed by atoms with Crippen LogP contribution in [0.1, 0.15) is 30.9 Å². The van der Waals surface area contributed by atoms with Crippen molar-refractivity contribution in [3.8, 4) is 5.75 Å². The van der Waals surface area contributed by atoms with Crippen molar-refractivity contribution in [3.63, 3.8) is 0 Å².